The Kier molecular flexibility index (Phi) is 4.78. The number of carbonyl (C=O) groups is 1. The van der Waals surface area contributed by atoms with Crippen LogP contribution in [-0.4, -0.2) is 21.1 Å². The molecule has 1 heterocycles. The first-order valence-electron chi connectivity index (χ1n) is 7.14. The standard InChI is InChI=1S/C17H21N3O2/c1-17(2,3)14-11-18-15(19-14)10-13-6-4-12(5-7-13)8-9-16(21)20-22/h4-9,11,22H,10H2,1-3H3,(H,18,19)(H,20,21). The van der Waals surface area contributed by atoms with Gasteiger partial charge in [0.25, 0.3) is 5.91 Å². The number of amides is 1. The number of carbonyl (C=O) groups excluding carboxylic acids is 1. The highest BCUT2D eigenvalue weighted by atomic mass is 16.5. The van der Waals surface area contributed by atoms with Crippen molar-refractivity contribution in [2.45, 2.75) is 32.6 Å². The third-order valence-corrected chi connectivity index (χ3v) is 3.33. The van der Waals surface area contributed by atoms with Gasteiger partial charge in [-0.15, -0.1) is 0 Å². The van der Waals surface area contributed by atoms with Crippen LogP contribution in [-0.2, 0) is 16.6 Å². The van der Waals surface area contributed by atoms with E-state index in [9.17, 15) is 4.79 Å². The van der Waals surface area contributed by atoms with Crippen LogP contribution >= 0.6 is 0 Å². The van der Waals surface area contributed by atoms with Gasteiger partial charge in [0.05, 0.1) is 0 Å². The Hall–Kier alpha value is -2.40. The summed E-state index contributed by atoms with van der Waals surface area (Å²) >= 11 is 0. The van der Waals surface area contributed by atoms with Crippen LogP contribution in [0.25, 0.3) is 6.08 Å². The second-order valence-corrected chi connectivity index (χ2v) is 6.22. The number of hydroxylamine groups is 1. The highest BCUT2D eigenvalue weighted by Crippen LogP contribution is 2.20. The lowest BCUT2D eigenvalue weighted by atomic mass is 9.93. The van der Waals surface area contributed by atoms with E-state index in [0.717, 1.165) is 29.1 Å². The number of nitrogens with one attached hydrogen (secondary N) is 2. The van der Waals surface area contributed by atoms with Crippen LogP contribution in [0.15, 0.2) is 36.5 Å². The number of aromatic nitrogens is 2. The zero-order valence-corrected chi connectivity index (χ0v) is 13.1. The van der Waals surface area contributed by atoms with Crippen molar-refractivity contribution in [2.24, 2.45) is 0 Å². The average Bonchev–Trinajstić information content (AvgIpc) is 2.95. The number of H-pyrrole nitrogens is 1. The van der Waals surface area contributed by atoms with Gasteiger partial charge in [-0.2, -0.15) is 0 Å². The second-order valence-electron chi connectivity index (χ2n) is 6.22. The third-order valence-electron chi connectivity index (χ3n) is 3.33. The molecule has 0 saturated carbocycles. The lowest BCUT2D eigenvalue weighted by molar-refractivity contribution is -0.124. The highest BCUT2D eigenvalue weighted by Gasteiger charge is 2.16. The molecule has 0 radical (unpaired) electrons. The van der Waals surface area contributed by atoms with Crippen molar-refractivity contribution in [3.05, 3.63) is 59.2 Å². The van der Waals surface area contributed by atoms with Crippen LogP contribution in [0.4, 0.5) is 0 Å². The first-order valence-corrected chi connectivity index (χ1v) is 7.14. The molecule has 3 N–H and O–H groups in total. The molecule has 0 aliphatic carbocycles. The lowest BCUT2D eigenvalue weighted by Gasteiger charge is -2.15. The van der Waals surface area contributed by atoms with Crippen LogP contribution in [0.2, 0.25) is 0 Å². The summed E-state index contributed by atoms with van der Waals surface area (Å²) in [5.41, 5.74) is 4.77. The Labute approximate surface area is 130 Å². The van der Waals surface area contributed by atoms with E-state index in [1.165, 1.54) is 6.08 Å². The predicted molar refractivity (Wildman–Crippen MR) is 85.5 cm³/mol. The molecular formula is C17H21N3O2. The number of hydrogen-bond acceptors (Lipinski definition) is 3. The van der Waals surface area contributed by atoms with Gasteiger partial charge in [0.15, 0.2) is 0 Å². The van der Waals surface area contributed by atoms with E-state index in [1.54, 1.807) is 11.6 Å². The number of nitrogens with zero attached hydrogens (tertiary/aromatic N) is 1. The molecule has 116 valence electrons. The molecule has 2 rings (SSSR count). The summed E-state index contributed by atoms with van der Waals surface area (Å²) in [4.78, 5) is 18.7. The van der Waals surface area contributed by atoms with Gasteiger partial charge in [-0.1, -0.05) is 45.0 Å². The molecule has 5 heteroatoms. The summed E-state index contributed by atoms with van der Waals surface area (Å²) in [5.74, 6) is 0.391. The Bertz CT molecular complexity index is 664. The van der Waals surface area contributed by atoms with E-state index in [4.69, 9.17) is 5.21 Å². The van der Waals surface area contributed by atoms with Crippen molar-refractivity contribution >= 4 is 12.0 Å². The molecule has 2 aromatic rings. The minimum absolute atomic E-state index is 0.0627. The van der Waals surface area contributed by atoms with Gasteiger partial charge in [0.2, 0.25) is 0 Å². The van der Waals surface area contributed by atoms with Crippen molar-refractivity contribution in [1.29, 1.82) is 0 Å². The van der Waals surface area contributed by atoms with Gasteiger partial charge < -0.3 is 4.98 Å². The number of hydrogen-bond donors (Lipinski definition) is 3. The minimum Gasteiger partial charge on any atom is -0.345 e. The summed E-state index contributed by atoms with van der Waals surface area (Å²) in [6.45, 7) is 6.44. The normalized spacial score (nSPS) is 11.8. The molecule has 0 saturated heterocycles. The fourth-order valence-electron chi connectivity index (χ4n) is 1.98. The molecule has 0 aliphatic rings. The maximum Gasteiger partial charge on any atom is 0.267 e. The molecule has 0 fully saturated rings. The molecule has 0 atom stereocenters. The zero-order chi connectivity index (χ0) is 16.2. The summed E-state index contributed by atoms with van der Waals surface area (Å²) in [6.07, 6.45) is 5.54. The van der Waals surface area contributed by atoms with Gasteiger partial charge in [-0.25, -0.2) is 10.5 Å². The average molecular weight is 299 g/mol. The van der Waals surface area contributed by atoms with E-state index < -0.39 is 5.91 Å². The summed E-state index contributed by atoms with van der Waals surface area (Å²) in [5, 5.41) is 8.42. The molecular weight excluding hydrogens is 278 g/mol. The third kappa shape index (κ3) is 4.30. The molecule has 22 heavy (non-hydrogen) atoms. The van der Waals surface area contributed by atoms with Crippen molar-refractivity contribution in [2.75, 3.05) is 0 Å². The monoisotopic (exact) mass is 299 g/mol. The Balaban J connectivity index is 2.04. The van der Waals surface area contributed by atoms with Crippen LogP contribution < -0.4 is 5.48 Å². The van der Waals surface area contributed by atoms with Crippen LogP contribution in [0.1, 0.15) is 43.4 Å². The topological polar surface area (TPSA) is 78.0 Å². The first-order chi connectivity index (χ1) is 10.4. The summed E-state index contributed by atoms with van der Waals surface area (Å²) < 4.78 is 0. The number of aromatic amines is 1. The Morgan fingerprint density at radius 1 is 1.32 bits per heavy atom. The minimum atomic E-state index is -0.547. The molecule has 5 nitrogen and oxygen atoms in total. The molecule has 1 aromatic heterocycles. The number of rotatable bonds is 4. The fraction of sp³-hybridized carbons (Fsp3) is 0.294. The quantitative estimate of drug-likeness (QED) is 0.461. The largest absolute Gasteiger partial charge is 0.345 e. The highest BCUT2D eigenvalue weighted by molar-refractivity contribution is 5.90. The lowest BCUT2D eigenvalue weighted by Crippen LogP contribution is -2.14. The van der Waals surface area contributed by atoms with Crippen LogP contribution in [0.5, 0.6) is 0 Å². The number of imidazole rings is 1. The molecule has 0 spiro atoms. The van der Waals surface area contributed by atoms with E-state index in [0.29, 0.717) is 0 Å². The number of benzene rings is 1. The van der Waals surface area contributed by atoms with Crippen molar-refractivity contribution in [3.63, 3.8) is 0 Å². The predicted octanol–water partition coefficient (Wildman–Crippen LogP) is 2.82. The molecule has 1 aromatic carbocycles. The van der Waals surface area contributed by atoms with Gasteiger partial charge in [0.1, 0.15) is 5.82 Å². The SMILES string of the molecule is CC(C)(C)c1cnc(Cc2ccc(C=CC(=O)NO)cc2)[nH]1. The fourth-order valence-corrected chi connectivity index (χ4v) is 1.98. The van der Waals surface area contributed by atoms with E-state index in [-0.39, 0.29) is 5.41 Å². The smallest absolute Gasteiger partial charge is 0.267 e. The molecule has 1 amide bonds. The zero-order valence-electron chi connectivity index (χ0n) is 13.1. The molecule has 0 bridgehead atoms. The summed E-state index contributed by atoms with van der Waals surface area (Å²) in [7, 11) is 0. The van der Waals surface area contributed by atoms with Crippen molar-refractivity contribution in [1.82, 2.24) is 15.4 Å². The van der Waals surface area contributed by atoms with E-state index in [2.05, 4.69) is 30.7 Å². The van der Waals surface area contributed by atoms with Crippen LogP contribution in [0, 0.1) is 0 Å². The van der Waals surface area contributed by atoms with Gasteiger partial charge in [0, 0.05) is 29.8 Å². The molecule has 0 unspecified atom stereocenters. The van der Waals surface area contributed by atoms with Crippen molar-refractivity contribution < 1.29 is 10.0 Å². The first kappa shape index (κ1) is 16.0. The Morgan fingerprint density at radius 2 is 2.00 bits per heavy atom. The summed E-state index contributed by atoms with van der Waals surface area (Å²) in [6, 6.07) is 7.83. The Morgan fingerprint density at radius 3 is 2.55 bits per heavy atom. The van der Waals surface area contributed by atoms with Crippen LogP contribution in [0.3, 0.4) is 0 Å². The second kappa shape index (κ2) is 6.58. The maximum atomic E-state index is 10.9. The van der Waals surface area contributed by atoms with Crippen molar-refractivity contribution in [3.8, 4) is 0 Å². The maximum absolute atomic E-state index is 10.9. The van der Waals surface area contributed by atoms with Gasteiger partial charge >= 0.3 is 0 Å². The molecule has 0 aliphatic heterocycles. The van der Waals surface area contributed by atoms with E-state index in [1.807, 2.05) is 30.5 Å². The van der Waals surface area contributed by atoms with Gasteiger partial charge in [-0.05, 0) is 17.2 Å². The van der Waals surface area contributed by atoms with Gasteiger partial charge in [-0.3, -0.25) is 10.0 Å². The van der Waals surface area contributed by atoms with E-state index >= 15 is 0 Å².